The van der Waals surface area contributed by atoms with Gasteiger partial charge in [-0.2, -0.15) is 4.31 Å². The molecule has 3 heterocycles. The number of benzene rings is 1. The first-order valence-electron chi connectivity index (χ1n) is 9.62. The third-order valence-corrected chi connectivity index (χ3v) is 7.25. The van der Waals surface area contributed by atoms with Gasteiger partial charge in [-0.3, -0.25) is 0 Å². The Balaban J connectivity index is 1.43. The van der Waals surface area contributed by atoms with E-state index < -0.39 is 15.8 Å². The molecule has 7 nitrogen and oxygen atoms in total. The molecule has 4 rings (SSSR count). The van der Waals surface area contributed by atoms with Gasteiger partial charge in [0.2, 0.25) is 10.0 Å². The van der Waals surface area contributed by atoms with Gasteiger partial charge in [0, 0.05) is 45.3 Å². The van der Waals surface area contributed by atoms with Crippen molar-refractivity contribution in [1.82, 2.24) is 14.3 Å². The predicted molar refractivity (Wildman–Crippen MR) is 105 cm³/mol. The molecule has 0 saturated carbocycles. The van der Waals surface area contributed by atoms with E-state index in [1.807, 2.05) is 6.07 Å². The van der Waals surface area contributed by atoms with E-state index in [0.717, 1.165) is 24.7 Å². The second kappa shape index (κ2) is 8.00. The van der Waals surface area contributed by atoms with E-state index in [1.54, 1.807) is 6.33 Å². The highest BCUT2D eigenvalue weighted by molar-refractivity contribution is 7.89. The Kier molecular flexibility index (Phi) is 5.45. The van der Waals surface area contributed by atoms with Gasteiger partial charge in [-0.05, 0) is 43.5 Å². The first kappa shape index (κ1) is 19.1. The van der Waals surface area contributed by atoms with Crippen molar-refractivity contribution in [3.8, 4) is 0 Å². The van der Waals surface area contributed by atoms with Crippen LogP contribution in [0.25, 0.3) is 0 Å². The Morgan fingerprint density at radius 2 is 1.36 bits per heavy atom. The Hall–Kier alpha value is -2.26. The summed E-state index contributed by atoms with van der Waals surface area (Å²) in [7, 11) is -3.61. The van der Waals surface area contributed by atoms with E-state index in [-0.39, 0.29) is 4.90 Å². The molecule has 2 fully saturated rings. The van der Waals surface area contributed by atoms with E-state index >= 15 is 0 Å². The van der Waals surface area contributed by atoms with Crippen molar-refractivity contribution in [2.45, 2.75) is 24.2 Å². The van der Waals surface area contributed by atoms with E-state index in [0.29, 0.717) is 26.2 Å². The van der Waals surface area contributed by atoms with Crippen LogP contribution >= 0.6 is 0 Å². The number of hydrogen-bond donors (Lipinski definition) is 0. The second-order valence-corrected chi connectivity index (χ2v) is 9.07. The molecule has 2 aromatic rings. The van der Waals surface area contributed by atoms with E-state index in [4.69, 9.17) is 0 Å². The molecule has 28 heavy (non-hydrogen) atoms. The van der Waals surface area contributed by atoms with Gasteiger partial charge in [0.25, 0.3) is 0 Å². The Bertz CT molecular complexity index is 908. The van der Waals surface area contributed by atoms with Crippen LogP contribution in [-0.4, -0.2) is 62.0 Å². The minimum atomic E-state index is -3.61. The van der Waals surface area contributed by atoms with E-state index in [2.05, 4.69) is 19.8 Å². The van der Waals surface area contributed by atoms with Crippen molar-refractivity contribution < 1.29 is 12.8 Å². The normalized spacial score (nSPS) is 19.0. The van der Waals surface area contributed by atoms with Crippen LogP contribution in [-0.2, 0) is 10.0 Å². The molecule has 0 amide bonds. The highest BCUT2D eigenvalue weighted by Crippen LogP contribution is 2.23. The average molecular weight is 405 g/mol. The molecule has 1 aromatic carbocycles. The fraction of sp³-hybridized carbons (Fsp3) is 0.474. The van der Waals surface area contributed by atoms with Gasteiger partial charge in [0.05, 0.1) is 4.90 Å². The predicted octanol–water partition coefficient (Wildman–Crippen LogP) is 2.12. The molecule has 2 aliphatic rings. The summed E-state index contributed by atoms with van der Waals surface area (Å²) in [5, 5.41) is 0. The number of piperazine rings is 1. The third-order valence-electron chi connectivity index (χ3n) is 5.33. The first-order valence-corrected chi connectivity index (χ1v) is 11.1. The van der Waals surface area contributed by atoms with Gasteiger partial charge in [-0.25, -0.2) is 22.8 Å². The molecule has 0 unspecified atom stereocenters. The van der Waals surface area contributed by atoms with Gasteiger partial charge in [-0.1, -0.05) is 0 Å². The number of nitrogens with zero attached hydrogens (tertiary/aromatic N) is 5. The zero-order chi connectivity index (χ0) is 19.6. The number of aromatic nitrogens is 2. The minimum absolute atomic E-state index is 0.122. The minimum Gasteiger partial charge on any atom is -0.356 e. The lowest BCUT2D eigenvalue weighted by Gasteiger charge is -2.35. The van der Waals surface area contributed by atoms with Crippen molar-refractivity contribution in [2.75, 3.05) is 49.1 Å². The molecule has 1 aromatic heterocycles. The van der Waals surface area contributed by atoms with Gasteiger partial charge in [-0.15, -0.1) is 0 Å². The van der Waals surface area contributed by atoms with Crippen LogP contribution in [0.3, 0.4) is 0 Å². The molecule has 150 valence electrons. The maximum Gasteiger partial charge on any atom is 0.243 e. The number of hydrogen-bond acceptors (Lipinski definition) is 6. The molecule has 0 spiro atoms. The lowest BCUT2D eigenvalue weighted by atomic mass is 10.1. The largest absolute Gasteiger partial charge is 0.356 e. The number of anilines is 2. The third kappa shape index (κ3) is 3.95. The van der Waals surface area contributed by atoms with Crippen molar-refractivity contribution in [1.29, 1.82) is 0 Å². The molecular formula is C19H24FN5O2S. The topological polar surface area (TPSA) is 69.6 Å². The quantitative estimate of drug-likeness (QED) is 0.776. The molecule has 0 aliphatic carbocycles. The summed E-state index contributed by atoms with van der Waals surface area (Å²) < 4.78 is 40.1. The van der Waals surface area contributed by atoms with Gasteiger partial charge < -0.3 is 9.80 Å². The summed E-state index contributed by atoms with van der Waals surface area (Å²) in [4.78, 5) is 13.3. The van der Waals surface area contributed by atoms with Crippen molar-refractivity contribution in [3.63, 3.8) is 0 Å². The van der Waals surface area contributed by atoms with Crippen LogP contribution in [0.15, 0.2) is 41.6 Å². The molecule has 9 heteroatoms. The lowest BCUT2D eigenvalue weighted by molar-refractivity contribution is 0.383. The van der Waals surface area contributed by atoms with Gasteiger partial charge >= 0.3 is 0 Å². The average Bonchev–Trinajstić information content (AvgIpc) is 2.75. The molecule has 2 saturated heterocycles. The van der Waals surface area contributed by atoms with Gasteiger partial charge in [0.15, 0.2) is 0 Å². The summed E-state index contributed by atoms with van der Waals surface area (Å²) in [6, 6.07) is 6.96. The van der Waals surface area contributed by atoms with Crippen molar-refractivity contribution in [3.05, 3.63) is 42.5 Å². The summed E-state index contributed by atoms with van der Waals surface area (Å²) >= 11 is 0. The van der Waals surface area contributed by atoms with Crippen molar-refractivity contribution in [2.24, 2.45) is 0 Å². The summed E-state index contributed by atoms with van der Waals surface area (Å²) in [5.74, 6) is 1.32. The monoisotopic (exact) mass is 405 g/mol. The summed E-state index contributed by atoms with van der Waals surface area (Å²) in [6.45, 7) is 3.86. The van der Waals surface area contributed by atoms with E-state index in [1.165, 1.54) is 47.8 Å². The SMILES string of the molecule is O=S(=O)(c1ccc(F)cc1)N1CCN(c2cc(N3CCCCC3)ncn2)CC1. The first-order chi connectivity index (χ1) is 13.5. The maximum atomic E-state index is 13.1. The zero-order valence-corrected chi connectivity index (χ0v) is 16.5. The molecule has 0 atom stereocenters. The van der Waals surface area contributed by atoms with E-state index in [9.17, 15) is 12.8 Å². The molecular weight excluding hydrogens is 381 g/mol. The molecule has 0 N–H and O–H groups in total. The molecule has 0 radical (unpaired) electrons. The standard InChI is InChI=1S/C19H24FN5O2S/c20-16-4-6-17(7-5-16)28(26,27)25-12-10-24(11-13-25)19-14-18(21-15-22-19)23-8-2-1-3-9-23/h4-7,14-15H,1-3,8-13H2. The Morgan fingerprint density at radius 3 is 1.96 bits per heavy atom. The number of halogens is 1. The van der Waals surface area contributed by atoms with Crippen LogP contribution in [0.5, 0.6) is 0 Å². The van der Waals surface area contributed by atoms with Crippen LogP contribution in [0.1, 0.15) is 19.3 Å². The maximum absolute atomic E-state index is 13.1. The van der Waals surface area contributed by atoms with Crippen LogP contribution in [0.4, 0.5) is 16.0 Å². The summed E-state index contributed by atoms with van der Waals surface area (Å²) in [6.07, 6.45) is 5.21. The van der Waals surface area contributed by atoms with Crippen LogP contribution in [0.2, 0.25) is 0 Å². The smallest absolute Gasteiger partial charge is 0.243 e. The van der Waals surface area contributed by atoms with Gasteiger partial charge in [0.1, 0.15) is 23.8 Å². The van der Waals surface area contributed by atoms with Crippen LogP contribution < -0.4 is 9.80 Å². The number of rotatable bonds is 4. The summed E-state index contributed by atoms with van der Waals surface area (Å²) in [5.41, 5.74) is 0. The molecule has 2 aliphatic heterocycles. The number of sulfonamides is 1. The second-order valence-electron chi connectivity index (χ2n) is 7.13. The highest BCUT2D eigenvalue weighted by Gasteiger charge is 2.29. The molecule has 0 bridgehead atoms. The van der Waals surface area contributed by atoms with Crippen molar-refractivity contribution >= 4 is 21.7 Å². The highest BCUT2D eigenvalue weighted by atomic mass is 32.2. The fourth-order valence-corrected chi connectivity index (χ4v) is 5.14. The lowest BCUT2D eigenvalue weighted by Crippen LogP contribution is -2.49. The number of piperidine rings is 1. The Labute approximate surface area is 164 Å². The zero-order valence-electron chi connectivity index (χ0n) is 15.7. The fourth-order valence-electron chi connectivity index (χ4n) is 3.72. The van der Waals surface area contributed by atoms with Crippen LogP contribution in [0, 0.1) is 5.82 Å². The Morgan fingerprint density at radius 1 is 0.786 bits per heavy atom.